The molecule has 0 radical (unpaired) electrons. The molecule has 2 N–H and O–H groups in total. The van der Waals surface area contributed by atoms with Gasteiger partial charge in [0.1, 0.15) is 17.4 Å². The molecule has 2 bridgehead atoms. The molecule has 1 aliphatic carbocycles. The maximum absolute atomic E-state index is 14.6. The van der Waals surface area contributed by atoms with E-state index in [0.717, 1.165) is 35.1 Å². The fraction of sp³-hybridized carbons (Fsp3) is 0.361. The summed E-state index contributed by atoms with van der Waals surface area (Å²) in [6, 6.07) is 16.6. The molecule has 12 heteroatoms. The molecule has 0 unspecified atom stereocenters. The van der Waals surface area contributed by atoms with E-state index < -0.39 is 24.3 Å². The number of carbonyl (C=O) groups excluding carboxylic acids is 1. The molecule has 3 aromatic rings. The van der Waals surface area contributed by atoms with Crippen LogP contribution in [-0.4, -0.2) is 87.4 Å². The molecule has 0 aromatic heterocycles. The van der Waals surface area contributed by atoms with Crippen LogP contribution in [0.2, 0.25) is 0 Å². The zero-order chi connectivity index (χ0) is 33.9. The number of hydrogen-bond acceptors (Lipinski definition) is 4. The van der Waals surface area contributed by atoms with Crippen LogP contribution in [0.5, 0.6) is 5.75 Å². The number of carbonyl (C=O) groups is 3. The van der Waals surface area contributed by atoms with E-state index >= 15 is 0 Å². The van der Waals surface area contributed by atoms with Crippen molar-refractivity contribution >= 4 is 39.6 Å². The van der Waals surface area contributed by atoms with Crippen molar-refractivity contribution in [2.45, 2.75) is 56.7 Å². The van der Waals surface area contributed by atoms with E-state index in [1.807, 2.05) is 24.3 Å². The summed E-state index contributed by atoms with van der Waals surface area (Å²) in [5, 5.41) is 20.1. The Morgan fingerprint density at radius 2 is 1.54 bits per heavy atom. The molecule has 2 fully saturated rings. The minimum Gasteiger partial charge on any atom is -0.492 e. The second-order valence-corrected chi connectivity index (χ2v) is 13.3. The van der Waals surface area contributed by atoms with E-state index in [9.17, 15) is 33.4 Å². The molecule has 2 aliphatic heterocycles. The van der Waals surface area contributed by atoms with Crippen LogP contribution in [0, 0.1) is 11.6 Å². The van der Waals surface area contributed by atoms with Crippen LogP contribution in [0.4, 0.5) is 18.4 Å². The van der Waals surface area contributed by atoms with Crippen molar-refractivity contribution < 1.29 is 38.1 Å². The van der Waals surface area contributed by atoms with Crippen molar-refractivity contribution in [1.82, 2.24) is 14.7 Å². The standard InChI is InChI=1S/C36H36BrF2N3O6/c37-30-14-11-26(39)18-32(30)48-17-1-2-22-3-7-24(8-4-22)29-19-28-20-40(35(44)45)21-31(42(28)36(46)47)33(29)34(43)41(27-12-13-27)16-15-23-5-9-25(38)10-6-23/h3-11,14,18,27-28,31H,1-2,12-13,15-17,19-21H2,(H,44,45)(H,46,47)/t28-,31-/m1/s1. The average Bonchev–Trinajstić information content (AvgIpc) is 3.90. The molecule has 2 heterocycles. The monoisotopic (exact) mass is 723 g/mol. The lowest BCUT2D eigenvalue weighted by molar-refractivity contribution is -0.128. The predicted molar refractivity (Wildman–Crippen MR) is 178 cm³/mol. The van der Waals surface area contributed by atoms with Gasteiger partial charge in [0.15, 0.2) is 0 Å². The number of halogens is 3. The third kappa shape index (κ3) is 7.48. The summed E-state index contributed by atoms with van der Waals surface area (Å²) in [4.78, 5) is 43.4. The molecule has 3 amide bonds. The maximum Gasteiger partial charge on any atom is 0.408 e. The lowest BCUT2D eigenvalue weighted by Gasteiger charge is -2.49. The van der Waals surface area contributed by atoms with Gasteiger partial charge in [-0.3, -0.25) is 9.69 Å². The smallest absolute Gasteiger partial charge is 0.408 e. The van der Waals surface area contributed by atoms with Gasteiger partial charge in [0.25, 0.3) is 5.91 Å². The van der Waals surface area contributed by atoms with E-state index in [-0.39, 0.29) is 43.1 Å². The highest BCUT2D eigenvalue weighted by atomic mass is 79.9. The van der Waals surface area contributed by atoms with Crippen LogP contribution >= 0.6 is 15.9 Å². The molecule has 1 saturated carbocycles. The number of piperazine rings is 1. The second-order valence-electron chi connectivity index (χ2n) is 12.5. The molecule has 6 rings (SSSR count). The van der Waals surface area contributed by atoms with E-state index in [2.05, 4.69) is 15.9 Å². The molecule has 3 aliphatic rings. The van der Waals surface area contributed by atoms with Crippen molar-refractivity contribution in [3.8, 4) is 5.75 Å². The summed E-state index contributed by atoms with van der Waals surface area (Å²) in [5.74, 6) is -0.572. The fourth-order valence-corrected chi connectivity index (χ4v) is 7.07. The summed E-state index contributed by atoms with van der Waals surface area (Å²) >= 11 is 3.37. The van der Waals surface area contributed by atoms with Crippen molar-refractivity contribution in [2.75, 3.05) is 26.2 Å². The van der Waals surface area contributed by atoms with Crippen LogP contribution < -0.4 is 4.74 Å². The molecule has 1 saturated heterocycles. The van der Waals surface area contributed by atoms with Gasteiger partial charge in [0, 0.05) is 37.3 Å². The first-order chi connectivity index (χ1) is 23.1. The van der Waals surface area contributed by atoms with E-state index in [0.29, 0.717) is 48.2 Å². The number of ether oxygens (including phenoxy) is 1. The summed E-state index contributed by atoms with van der Waals surface area (Å²) < 4.78 is 33.5. The first kappa shape index (κ1) is 33.5. The van der Waals surface area contributed by atoms with Crippen LogP contribution in [0.25, 0.3) is 5.57 Å². The van der Waals surface area contributed by atoms with E-state index in [1.54, 1.807) is 23.1 Å². The lowest BCUT2D eigenvalue weighted by atomic mass is 9.81. The molecule has 9 nitrogen and oxygen atoms in total. The number of aryl methyl sites for hydroxylation is 1. The Hall–Kier alpha value is -4.45. The highest BCUT2D eigenvalue weighted by molar-refractivity contribution is 9.10. The van der Waals surface area contributed by atoms with E-state index in [1.165, 1.54) is 34.1 Å². The lowest BCUT2D eigenvalue weighted by Crippen LogP contribution is -2.65. The number of fused-ring (bicyclic) bond motifs is 2. The number of carboxylic acid groups (broad SMARTS) is 2. The van der Waals surface area contributed by atoms with Gasteiger partial charge in [-0.2, -0.15) is 0 Å². The van der Waals surface area contributed by atoms with Crippen molar-refractivity contribution in [1.29, 1.82) is 0 Å². The number of nitrogens with zero attached hydrogens (tertiary/aromatic N) is 3. The number of benzene rings is 3. The van der Waals surface area contributed by atoms with E-state index in [4.69, 9.17) is 4.74 Å². The molecular formula is C36H36BrF2N3O6. The van der Waals surface area contributed by atoms with Gasteiger partial charge in [-0.05, 0) is 101 Å². The Bertz CT molecular complexity index is 1710. The number of amides is 3. The third-order valence-corrected chi connectivity index (χ3v) is 9.89. The minimum absolute atomic E-state index is 0.000496. The molecular weight excluding hydrogens is 688 g/mol. The first-order valence-corrected chi connectivity index (χ1v) is 16.8. The van der Waals surface area contributed by atoms with Crippen molar-refractivity contribution in [3.63, 3.8) is 0 Å². The number of rotatable bonds is 11. The van der Waals surface area contributed by atoms with Crippen LogP contribution in [0.3, 0.4) is 0 Å². The molecule has 3 aromatic carbocycles. The third-order valence-electron chi connectivity index (χ3n) is 9.24. The highest BCUT2D eigenvalue weighted by Crippen LogP contribution is 2.41. The minimum atomic E-state index is -1.19. The SMILES string of the molecule is O=C(O)N1C[C@H]2CC(c3ccc(CCCOc4cc(F)ccc4Br)cc3)=C(C(=O)N(CCc3ccc(F)cc3)C3CC3)[C@@H](C1)N2C(=O)O. The van der Waals surface area contributed by atoms with Gasteiger partial charge in [0.05, 0.1) is 23.2 Å². The summed E-state index contributed by atoms with van der Waals surface area (Å²) in [6.07, 6.45) is 1.37. The Balaban J connectivity index is 1.26. The van der Waals surface area contributed by atoms with Crippen LogP contribution in [-0.2, 0) is 17.6 Å². The predicted octanol–water partition coefficient (Wildman–Crippen LogP) is 6.84. The highest BCUT2D eigenvalue weighted by Gasteiger charge is 2.49. The maximum atomic E-state index is 14.6. The number of hydrogen-bond donors (Lipinski definition) is 2. The van der Waals surface area contributed by atoms with Crippen molar-refractivity contribution in [3.05, 3.63) is 105 Å². The van der Waals surface area contributed by atoms with Gasteiger partial charge < -0.3 is 24.7 Å². The summed E-state index contributed by atoms with van der Waals surface area (Å²) in [6.45, 7) is 0.625. The first-order valence-electron chi connectivity index (χ1n) is 16.0. The topological polar surface area (TPSA) is 111 Å². The summed E-state index contributed by atoms with van der Waals surface area (Å²) in [5.41, 5.74) is 3.75. The largest absolute Gasteiger partial charge is 0.492 e. The Morgan fingerprint density at radius 3 is 2.21 bits per heavy atom. The Labute approximate surface area is 285 Å². The van der Waals surface area contributed by atoms with Crippen LogP contribution in [0.1, 0.15) is 42.4 Å². The molecule has 2 atom stereocenters. The zero-order valence-electron chi connectivity index (χ0n) is 26.2. The normalized spacial score (nSPS) is 18.9. The van der Waals surface area contributed by atoms with Gasteiger partial charge in [0.2, 0.25) is 0 Å². The Morgan fingerprint density at radius 1 is 0.875 bits per heavy atom. The van der Waals surface area contributed by atoms with Gasteiger partial charge in [-0.1, -0.05) is 36.4 Å². The average molecular weight is 725 g/mol. The van der Waals surface area contributed by atoms with Gasteiger partial charge >= 0.3 is 12.2 Å². The quantitative estimate of drug-likeness (QED) is 0.210. The van der Waals surface area contributed by atoms with Gasteiger partial charge in [-0.25, -0.2) is 18.4 Å². The van der Waals surface area contributed by atoms with Gasteiger partial charge in [-0.15, -0.1) is 0 Å². The molecule has 0 spiro atoms. The van der Waals surface area contributed by atoms with Crippen molar-refractivity contribution in [2.24, 2.45) is 0 Å². The Kier molecular flexibility index (Phi) is 10.00. The zero-order valence-corrected chi connectivity index (χ0v) is 27.7. The summed E-state index contributed by atoms with van der Waals surface area (Å²) in [7, 11) is 0. The fourth-order valence-electron chi connectivity index (χ4n) is 6.71. The second kappa shape index (κ2) is 14.3. The molecule has 252 valence electrons. The van der Waals surface area contributed by atoms with Crippen LogP contribution in [0.15, 0.2) is 76.8 Å². The molecule has 48 heavy (non-hydrogen) atoms.